The molecule has 3 rings (SSSR count). The Labute approximate surface area is 157 Å². The van der Waals surface area contributed by atoms with Gasteiger partial charge in [0.1, 0.15) is 11.5 Å². The summed E-state index contributed by atoms with van der Waals surface area (Å²) in [5, 5.41) is 4.03. The number of nitrogens with one attached hydrogen (secondary N) is 1. The molecule has 0 spiro atoms. The molecule has 1 aromatic heterocycles. The largest absolute Gasteiger partial charge is 0.497 e. The van der Waals surface area contributed by atoms with E-state index in [1.807, 2.05) is 18.2 Å². The van der Waals surface area contributed by atoms with Crippen LogP contribution in [0.1, 0.15) is 24.3 Å². The topological polar surface area (TPSA) is 60.5 Å². The maximum absolute atomic E-state index is 12.2. The smallest absolute Gasteiger partial charge is 0.224 e. The van der Waals surface area contributed by atoms with Gasteiger partial charge in [-0.25, -0.2) is 4.98 Å². The van der Waals surface area contributed by atoms with E-state index in [1.165, 1.54) is 4.70 Å². The Hall–Kier alpha value is -2.60. The number of aryl methyl sites for hydroxylation is 1. The summed E-state index contributed by atoms with van der Waals surface area (Å²) in [5.41, 5.74) is 1.68. The minimum atomic E-state index is -0.0270. The van der Waals surface area contributed by atoms with Gasteiger partial charge in [-0.15, -0.1) is 11.3 Å². The predicted octanol–water partition coefficient (Wildman–Crippen LogP) is 4.67. The van der Waals surface area contributed by atoms with Gasteiger partial charge in [0.25, 0.3) is 0 Å². The Kier molecular flexibility index (Phi) is 6.07. The summed E-state index contributed by atoms with van der Waals surface area (Å²) >= 11 is 1.73. The molecule has 0 saturated carbocycles. The van der Waals surface area contributed by atoms with Gasteiger partial charge in [-0.05, 0) is 43.5 Å². The summed E-state index contributed by atoms with van der Waals surface area (Å²) in [7, 11) is 3.17. The van der Waals surface area contributed by atoms with Crippen molar-refractivity contribution in [2.45, 2.75) is 25.7 Å². The molecule has 1 amide bonds. The second-order valence-electron chi connectivity index (χ2n) is 5.90. The molecule has 2 aromatic carbocycles. The number of unbranched alkanes of at least 4 members (excludes halogenated alkanes) is 1. The lowest BCUT2D eigenvalue weighted by molar-refractivity contribution is -0.116. The first-order valence-electron chi connectivity index (χ1n) is 8.56. The van der Waals surface area contributed by atoms with Crippen molar-refractivity contribution in [3.63, 3.8) is 0 Å². The minimum Gasteiger partial charge on any atom is -0.497 e. The second-order valence-corrected chi connectivity index (χ2v) is 7.01. The number of rotatable bonds is 8. The minimum absolute atomic E-state index is 0.0270. The fourth-order valence-electron chi connectivity index (χ4n) is 2.71. The molecule has 0 bridgehead atoms. The van der Waals surface area contributed by atoms with Crippen molar-refractivity contribution in [1.29, 1.82) is 0 Å². The lowest BCUT2D eigenvalue weighted by atomic mass is 10.2. The molecule has 3 aromatic rings. The van der Waals surface area contributed by atoms with Crippen LogP contribution in [0.5, 0.6) is 11.5 Å². The number of fused-ring (bicyclic) bond motifs is 1. The zero-order valence-corrected chi connectivity index (χ0v) is 15.8. The number of amides is 1. The highest BCUT2D eigenvalue weighted by Gasteiger charge is 2.09. The molecular weight excluding hydrogens is 348 g/mol. The van der Waals surface area contributed by atoms with Gasteiger partial charge < -0.3 is 14.8 Å². The zero-order valence-electron chi connectivity index (χ0n) is 15.0. The van der Waals surface area contributed by atoms with Crippen molar-refractivity contribution in [1.82, 2.24) is 4.98 Å². The van der Waals surface area contributed by atoms with Crippen molar-refractivity contribution in [2.75, 3.05) is 19.5 Å². The molecule has 0 aliphatic rings. The van der Waals surface area contributed by atoms with Crippen LogP contribution in [-0.4, -0.2) is 25.1 Å². The molecule has 0 fully saturated rings. The molecule has 136 valence electrons. The molecule has 6 heteroatoms. The predicted molar refractivity (Wildman–Crippen MR) is 105 cm³/mol. The van der Waals surface area contributed by atoms with Crippen LogP contribution in [0.4, 0.5) is 5.69 Å². The van der Waals surface area contributed by atoms with Gasteiger partial charge in [0, 0.05) is 12.5 Å². The van der Waals surface area contributed by atoms with Gasteiger partial charge in [0.05, 0.1) is 35.1 Å². The number of nitrogens with zero attached hydrogens (tertiary/aromatic N) is 1. The number of hydrogen-bond donors (Lipinski definition) is 1. The van der Waals surface area contributed by atoms with E-state index in [0.29, 0.717) is 23.6 Å². The average Bonchev–Trinajstić information content (AvgIpc) is 3.08. The summed E-state index contributed by atoms with van der Waals surface area (Å²) in [6, 6.07) is 13.5. The highest BCUT2D eigenvalue weighted by Crippen LogP contribution is 2.29. The first-order chi connectivity index (χ1) is 12.7. The summed E-state index contributed by atoms with van der Waals surface area (Å²) in [5.74, 6) is 1.27. The molecule has 1 N–H and O–H groups in total. The van der Waals surface area contributed by atoms with E-state index < -0.39 is 0 Å². The van der Waals surface area contributed by atoms with Crippen molar-refractivity contribution >= 4 is 33.1 Å². The maximum Gasteiger partial charge on any atom is 0.224 e. The number of carbonyl (C=O) groups excluding carboxylic acids is 1. The number of thiazole rings is 1. The highest BCUT2D eigenvalue weighted by molar-refractivity contribution is 7.18. The molecule has 0 unspecified atom stereocenters. The van der Waals surface area contributed by atoms with E-state index in [0.717, 1.165) is 29.8 Å². The van der Waals surface area contributed by atoms with Crippen LogP contribution in [0.2, 0.25) is 0 Å². The van der Waals surface area contributed by atoms with E-state index in [-0.39, 0.29) is 5.91 Å². The number of benzene rings is 2. The van der Waals surface area contributed by atoms with E-state index in [4.69, 9.17) is 9.47 Å². The first kappa shape index (κ1) is 18.2. The van der Waals surface area contributed by atoms with Gasteiger partial charge in [-0.3, -0.25) is 4.79 Å². The monoisotopic (exact) mass is 370 g/mol. The Bertz CT molecular complexity index is 859. The number of aromatic nitrogens is 1. The molecular formula is C20H22N2O3S. The Balaban J connectivity index is 1.48. The highest BCUT2D eigenvalue weighted by atomic mass is 32.1. The Morgan fingerprint density at radius 2 is 1.96 bits per heavy atom. The maximum atomic E-state index is 12.2. The molecule has 0 aliphatic heterocycles. The van der Waals surface area contributed by atoms with Gasteiger partial charge in [-0.2, -0.15) is 0 Å². The summed E-state index contributed by atoms with van der Waals surface area (Å²) < 4.78 is 11.7. The second kappa shape index (κ2) is 8.67. The molecule has 0 radical (unpaired) electrons. The third-order valence-electron chi connectivity index (χ3n) is 4.06. The quantitative estimate of drug-likeness (QED) is 0.586. The number of methoxy groups -OCH3 is 2. The number of para-hydroxylation sites is 1. The first-order valence-corrected chi connectivity index (χ1v) is 9.37. The van der Waals surface area contributed by atoms with E-state index in [9.17, 15) is 4.79 Å². The Morgan fingerprint density at radius 1 is 1.12 bits per heavy atom. The van der Waals surface area contributed by atoms with Crippen molar-refractivity contribution in [3.05, 3.63) is 47.5 Å². The molecule has 26 heavy (non-hydrogen) atoms. The summed E-state index contributed by atoms with van der Waals surface area (Å²) in [4.78, 5) is 16.8. The lowest BCUT2D eigenvalue weighted by Gasteiger charge is -2.11. The molecule has 0 atom stereocenters. The summed E-state index contributed by atoms with van der Waals surface area (Å²) in [6.07, 6.45) is 3.11. The van der Waals surface area contributed by atoms with Crippen LogP contribution in [0.3, 0.4) is 0 Å². The third kappa shape index (κ3) is 4.52. The lowest BCUT2D eigenvalue weighted by Crippen LogP contribution is -2.12. The fourth-order valence-corrected chi connectivity index (χ4v) is 3.72. The van der Waals surface area contributed by atoms with Gasteiger partial charge in [0.2, 0.25) is 5.91 Å². The third-order valence-corrected chi connectivity index (χ3v) is 5.16. The molecule has 0 saturated heterocycles. The number of ether oxygens (including phenoxy) is 2. The SMILES string of the molecule is COc1ccc(OC)c(NC(=O)CCCCc2nc3ccccc3s2)c1. The number of carbonyl (C=O) groups is 1. The standard InChI is InChI=1S/C20H22N2O3S/c1-24-14-11-12-17(25-2)16(13-14)21-19(23)9-5-6-10-20-22-15-7-3-4-8-18(15)26-20/h3-4,7-8,11-13H,5-6,9-10H2,1-2H3,(H,21,23). The average molecular weight is 370 g/mol. The molecule has 5 nitrogen and oxygen atoms in total. The molecule has 1 heterocycles. The Morgan fingerprint density at radius 3 is 2.73 bits per heavy atom. The van der Waals surface area contributed by atoms with Crippen molar-refractivity contribution in [3.8, 4) is 11.5 Å². The normalized spacial score (nSPS) is 10.7. The van der Waals surface area contributed by atoms with Crippen LogP contribution < -0.4 is 14.8 Å². The number of hydrogen-bond acceptors (Lipinski definition) is 5. The van der Waals surface area contributed by atoms with E-state index >= 15 is 0 Å². The number of anilines is 1. The van der Waals surface area contributed by atoms with Gasteiger partial charge in [0.15, 0.2) is 0 Å². The zero-order chi connectivity index (χ0) is 18.4. The van der Waals surface area contributed by atoms with Crippen LogP contribution in [0, 0.1) is 0 Å². The van der Waals surface area contributed by atoms with Gasteiger partial charge in [-0.1, -0.05) is 12.1 Å². The van der Waals surface area contributed by atoms with Crippen molar-refractivity contribution < 1.29 is 14.3 Å². The van der Waals surface area contributed by atoms with Crippen molar-refractivity contribution in [2.24, 2.45) is 0 Å². The fraction of sp³-hybridized carbons (Fsp3) is 0.300. The van der Waals surface area contributed by atoms with Crippen LogP contribution in [0.25, 0.3) is 10.2 Å². The van der Waals surface area contributed by atoms with E-state index in [1.54, 1.807) is 43.8 Å². The van der Waals surface area contributed by atoms with Crippen LogP contribution in [0.15, 0.2) is 42.5 Å². The van der Waals surface area contributed by atoms with Gasteiger partial charge >= 0.3 is 0 Å². The molecule has 0 aliphatic carbocycles. The van der Waals surface area contributed by atoms with Crippen LogP contribution >= 0.6 is 11.3 Å². The summed E-state index contributed by atoms with van der Waals surface area (Å²) in [6.45, 7) is 0. The van der Waals surface area contributed by atoms with E-state index in [2.05, 4.69) is 16.4 Å². The van der Waals surface area contributed by atoms with Crippen LogP contribution in [-0.2, 0) is 11.2 Å².